The van der Waals surface area contributed by atoms with Gasteiger partial charge in [-0.3, -0.25) is 0 Å². The molecular weight excluding hydrogens is 549 g/mol. The lowest BCUT2D eigenvalue weighted by Crippen LogP contribution is -2.48. The molecule has 0 fully saturated rings. The zero-order chi connectivity index (χ0) is 17.3. The number of esters is 1. The van der Waals surface area contributed by atoms with E-state index in [1.807, 2.05) is 25.1 Å². The first-order chi connectivity index (χ1) is 11.4. The van der Waals surface area contributed by atoms with Gasteiger partial charge in [0.25, 0.3) is 0 Å². The van der Waals surface area contributed by atoms with Gasteiger partial charge in [0.1, 0.15) is 5.54 Å². The number of carbonyl (C=O) groups excluding carboxylic acids is 1. The van der Waals surface area contributed by atoms with Crippen molar-refractivity contribution in [2.45, 2.75) is 25.3 Å². The van der Waals surface area contributed by atoms with Crippen LogP contribution in [0.3, 0.4) is 0 Å². The number of hydrogen-bond donors (Lipinski definition) is 1. The molecule has 0 spiro atoms. The fraction of sp³-hybridized carbons (Fsp3) is 0.278. The summed E-state index contributed by atoms with van der Waals surface area (Å²) in [6.07, 6.45) is 1.19. The molecule has 0 saturated heterocycles. The first-order valence-electron chi connectivity index (χ1n) is 7.61. The average molecular weight is 565 g/mol. The van der Waals surface area contributed by atoms with Gasteiger partial charge >= 0.3 is 5.97 Å². The fourth-order valence-corrected chi connectivity index (χ4v) is 4.38. The zero-order valence-electron chi connectivity index (χ0n) is 13.0. The van der Waals surface area contributed by atoms with Crippen LogP contribution in [-0.2, 0) is 22.4 Å². The van der Waals surface area contributed by atoms with Crippen LogP contribution in [0.2, 0.25) is 0 Å². The standard InChI is InChI=1S/C18H16Br2INO2/c1-2-24-17(23)18(9-11-7-13(19)3-5-15(11)21)10-12-8-14(20)4-6-16(12)22-18/h3-8,22H,2,9-10H2,1H3. The summed E-state index contributed by atoms with van der Waals surface area (Å²) in [6.45, 7) is 2.21. The number of rotatable bonds is 4. The summed E-state index contributed by atoms with van der Waals surface area (Å²) >= 11 is 9.34. The van der Waals surface area contributed by atoms with E-state index in [-0.39, 0.29) is 5.97 Å². The number of ether oxygens (including phenoxy) is 1. The Hall–Kier alpha value is -0.600. The topological polar surface area (TPSA) is 38.3 Å². The smallest absolute Gasteiger partial charge is 0.332 e. The molecule has 1 heterocycles. The molecule has 126 valence electrons. The second-order valence-corrected chi connectivity index (χ2v) is 8.81. The highest BCUT2D eigenvalue weighted by molar-refractivity contribution is 14.1. The van der Waals surface area contributed by atoms with Crippen LogP contribution in [0.4, 0.5) is 5.69 Å². The molecule has 0 bridgehead atoms. The Labute approximate surface area is 171 Å². The number of benzene rings is 2. The summed E-state index contributed by atoms with van der Waals surface area (Å²) in [5, 5.41) is 3.44. The molecule has 0 radical (unpaired) electrons. The molecule has 1 N–H and O–H groups in total. The van der Waals surface area contributed by atoms with Gasteiger partial charge in [-0.05, 0) is 77.0 Å². The number of hydrogen-bond acceptors (Lipinski definition) is 3. The summed E-state index contributed by atoms with van der Waals surface area (Å²) < 4.78 is 8.57. The second kappa shape index (κ2) is 7.33. The van der Waals surface area contributed by atoms with Crippen LogP contribution in [0.5, 0.6) is 0 Å². The van der Waals surface area contributed by atoms with Crippen molar-refractivity contribution in [3.63, 3.8) is 0 Å². The third kappa shape index (κ3) is 3.65. The van der Waals surface area contributed by atoms with Crippen LogP contribution in [0, 0.1) is 3.57 Å². The third-order valence-corrected chi connectivity index (χ3v) is 6.14. The van der Waals surface area contributed by atoms with E-state index in [1.165, 1.54) is 0 Å². The lowest BCUT2D eigenvalue weighted by Gasteiger charge is -2.28. The minimum atomic E-state index is -0.764. The fourth-order valence-electron chi connectivity index (χ4n) is 3.03. The van der Waals surface area contributed by atoms with E-state index in [9.17, 15) is 4.79 Å². The maximum atomic E-state index is 12.8. The predicted octanol–water partition coefficient (Wildman–Crippen LogP) is 5.33. The van der Waals surface area contributed by atoms with E-state index in [0.29, 0.717) is 19.4 Å². The van der Waals surface area contributed by atoms with Crippen molar-refractivity contribution in [1.82, 2.24) is 0 Å². The van der Waals surface area contributed by atoms with E-state index in [1.54, 1.807) is 0 Å². The van der Waals surface area contributed by atoms with Crippen LogP contribution in [0.25, 0.3) is 0 Å². The molecule has 1 aliphatic rings. The summed E-state index contributed by atoms with van der Waals surface area (Å²) in [7, 11) is 0. The highest BCUT2D eigenvalue weighted by Gasteiger charge is 2.45. The van der Waals surface area contributed by atoms with Crippen molar-refractivity contribution in [3.05, 3.63) is 60.0 Å². The highest BCUT2D eigenvalue weighted by atomic mass is 127. The maximum absolute atomic E-state index is 12.8. The molecule has 1 unspecified atom stereocenters. The molecule has 0 aromatic heterocycles. The largest absolute Gasteiger partial charge is 0.464 e. The quantitative estimate of drug-likeness (QED) is 0.403. The SMILES string of the molecule is CCOC(=O)C1(Cc2cc(Br)ccc2I)Cc2cc(Br)ccc2N1. The Balaban J connectivity index is 1.99. The summed E-state index contributed by atoms with van der Waals surface area (Å²) in [6, 6.07) is 12.2. The van der Waals surface area contributed by atoms with Gasteiger partial charge in [0, 0.05) is 31.0 Å². The van der Waals surface area contributed by atoms with E-state index in [2.05, 4.69) is 78.0 Å². The molecule has 2 aromatic rings. The van der Waals surface area contributed by atoms with Gasteiger partial charge in [-0.25, -0.2) is 4.79 Å². The Kier molecular flexibility index (Phi) is 5.56. The molecule has 1 atom stereocenters. The normalized spacial score (nSPS) is 18.8. The molecule has 1 aliphatic heterocycles. The van der Waals surface area contributed by atoms with Crippen LogP contribution < -0.4 is 5.32 Å². The number of anilines is 1. The maximum Gasteiger partial charge on any atom is 0.332 e. The summed E-state index contributed by atoms with van der Waals surface area (Å²) in [5.41, 5.74) is 2.48. The van der Waals surface area contributed by atoms with Gasteiger partial charge in [0.2, 0.25) is 0 Å². The molecule has 0 amide bonds. The second-order valence-electron chi connectivity index (χ2n) is 5.82. The van der Waals surface area contributed by atoms with Crippen molar-refractivity contribution in [3.8, 4) is 0 Å². The first-order valence-corrected chi connectivity index (χ1v) is 10.3. The summed E-state index contributed by atoms with van der Waals surface area (Å²) in [4.78, 5) is 12.8. The van der Waals surface area contributed by atoms with E-state index in [4.69, 9.17) is 4.74 Å². The highest BCUT2D eigenvalue weighted by Crippen LogP contribution is 2.38. The molecule has 2 aromatic carbocycles. The number of carbonyl (C=O) groups is 1. The third-order valence-electron chi connectivity index (χ3n) is 4.10. The molecule has 3 nitrogen and oxygen atoms in total. The van der Waals surface area contributed by atoms with E-state index >= 15 is 0 Å². The number of halogens is 3. The van der Waals surface area contributed by atoms with E-state index < -0.39 is 5.54 Å². The molecule has 24 heavy (non-hydrogen) atoms. The average Bonchev–Trinajstić information content (AvgIpc) is 2.90. The molecule has 0 saturated carbocycles. The van der Waals surface area contributed by atoms with Crippen molar-refractivity contribution in [1.29, 1.82) is 0 Å². The van der Waals surface area contributed by atoms with Gasteiger partial charge in [-0.15, -0.1) is 0 Å². The van der Waals surface area contributed by atoms with E-state index in [0.717, 1.165) is 29.3 Å². The Morgan fingerprint density at radius 1 is 1.25 bits per heavy atom. The lowest BCUT2D eigenvalue weighted by atomic mass is 9.88. The molecule has 3 rings (SSSR count). The van der Waals surface area contributed by atoms with Crippen LogP contribution >= 0.6 is 54.5 Å². The molecule has 6 heteroatoms. The predicted molar refractivity (Wildman–Crippen MR) is 111 cm³/mol. The zero-order valence-corrected chi connectivity index (χ0v) is 18.4. The van der Waals surface area contributed by atoms with Crippen LogP contribution in [0.15, 0.2) is 45.3 Å². The van der Waals surface area contributed by atoms with Crippen molar-refractivity contribution < 1.29 is 9.53 Å². The van der Waals surface area contributed by atoms with Gasteiger partial charge in [0.05, 0.1) is 6.61 Å². The van der Waals surface area contributed by atoms with Crippen molar-refractivity contribution >= 4 is 66.1 Å². The number of nitrogens with one attached hydrogen (secondary N) is 1. The molecular formula is C18H16Br2INO2. The minimum absolute atomic E-state index is 0.201. The lowest BCUT2D eigenvalue weighted by molar-refractivity contribution is -0.148. The number of fused-ring (bicyclic) bond motifs is 1. The van der Waals surface area contributed by atoms with Gasteiger partial charge in [-0.2, -0.15) is 0 Å². The van der Waals surface area contributed by atoms with Gasteiger partial charge < -0.3 is 10.1 Å². The Morgan fingerprint density at radius 2 is 1.96 bits per heavy atom. The summed E-state index contributed by atoms with van der Waals surface area (Å²) in [5.74, 6) is -0.201. The van der Waals surface area contributed by atoms with Crippen molar-refractivity contribution in [2.75, 3.05) is 11.9 Å². The van der Waals surface area contributed by atoms with Gasteiger partial charge in [-0.1, -0.05) is 31.9 Å². The Morgan fingerprint density at radius 3 is 2.71 bits per heavy atom. The minimum Gasteiger partial charge on any atom is -0.464 e. The monoisotopic (exact) mass is 563 g/mol. The van der Waals surface area contributed by atoms with Crippen LogP contribution in [-0.4, -0.2) is 18.1 Å². The van der Waals surface area contributed by atoms with Crippen LogP contribution in [0.1, 0.15) is 18.1 Å². The van der Waals surface area contributed by atoms with Gasteiger partial charge in [0.15, 0.2) is 0 Å². The Bertz CT molecular complexity index is 797. The molecule has 0 aliphatic carbocycles. The first kappa shape index (κ1) is 18.2. The van der Waals surface area contributed by atoms with Crippen molar-refractivity contribution in [2.24, 2.45) is 0 Å².